The SMILES string of the molecule is O=C(C1CCC(F)(F)CC1)N1CC[C@@](O)(CN2CCOCC2)C1. The number of hydrogen-bond acceptors (Lipinski definition) is 4. The van der Waals surface area contributed by atoms with Gasteiger partial charge >= 0.3 is 0 Å². The molecule has 3 rings (SSSR count). The number of amides is 1. The van der Waals surface area contributed by atoms with Gasteiger partial charge in [0.05, 0.1) is 25.4 Å². The van der Waals surface area contributed by atoms with E-state index in [1.807, 2.05) is 0 Å². The first-order valence-electron chi connectivity index (χ1n) is 8.56. The second-order valence-corrected chi connectivity index (χ2v) is 7.25. The lowest BCUT2D eigenvalue weighted by Crippen LogP contribution is -2.49. The summed E-state index contributed by atoms with van der Waals surface area (Å²) in [5.41, 5.74) is -0.883. The molecule has 0 bridgehead atoms. The van der Waals surface area contributed by atoms with E-state index in [1.165, 1.54) is 0 Å². The molecular formula is C16H26F2N2O3. The van der Waals surface area contributed by atoms with E-state index in [0.29, 0.717) is 39.3 Å². The first-order valence-corrected chi connectivity index (χ1v) is 8.56. The number of nitrogens with zero attached hydrogens (tertiary/aromatic N) is 2. The van der Waals surface area contributed by atoms with Gasteiger partial charge in [0, 0.05) is 44.9 Å². The number of alkyl halides is 2. The number of carbonyl (C=O) groups is 1. The van der Waals surface area contributed by atoms with Crippen molar-refractivity contribution in [3.05, 3.63) is 0 Å². The highest BCUT2D eigenvalue weighted by molar-refractivity contribution is 5.79. The summed E-state index contributed by atoms with van der Waals surface area (Å²) >= 11 is 0. The van der Waals surface area contributed by atoms with Gasteiger partial charge in [0.25, 0.3) is 0 Å². The van der Waals surface area contributed by atoms with Gasteiger partial charge in [-0.3, -0.25) is 9.69 Å². The van der Waals surface area contributed by atoms with Crippen LogP contribution in [0.4, 0.5) is 8.78 Å². The average molecular weight is 332 g/mol. The minimum absolute atomic E-state index is 0.0570. The Kier molecular flexibility index (Phi) is 4.90. The van der Waals surface area contributed by atoms with E-state index in [4.69, 9.17) is 4.74 Å². The molecule has 3 aliphatic rings. The molecule has 0 aromatic rings. The Labute approximate surface area is 135 Å². The number of ether oxygens (including phenoxy) is 1. The van der Waals surface area contributed by atoms with E-state index in [9.17, 15) is 18.7 Å². The molecule has 2 saturated heterocycles. The maximum absolute atomic E-state index is 13.2. The zero-order chi connectivity index (χ0) is 16.5. The summed E-state index contributed by atoms with van der Waals surface area (Å²) in [6.07, 6.45) is 0.665. The van der Waals surface area contributed by atoms with Crippen molar-refractivity contribution in [3.8, 4) is 0 Å². The second-order valence-electron chi connectivity index (χ2n) is 7.25. The van der Waals surface area contributed by atoms with Crippen LogP contribution in [0.1, 0.15) is 32.1 Å². The first kappa shape index (κ1) is 17.0. The lowest BCUT2D eigenvalue weighted by Gasteiger charge is -2.34. The summed E-state index contributed by atoms with van der Waals surface area (Å²) in [4.78, 5) is 16.4. The van der Waals surface area contributed by atoms with E-state index >= 15 is 0 Å². The van der Waals surface area contributed by atoms with Gasteiger partial charge in [-0.2, -0.15) is 0 Å². The van der Waals surface area contributed by atoms with Gasteiger partial charge in [-0.05, 0) is 19.3 Å². The van der Waals surface area contributed by atoms with E-state index in [2.05, 4.69) is 4.90 Å². The van der Waals surface area contributed by atoms with E-state index in [1.54, 1.807) is 4.90 Å². The highest BCUT2D eigenvalue weighted by Gasteiger charge is 2.43. The Morgan fingerprint density at radius 2 is 1.78 bits per heavy atom. The van der Waals surface area contributed by atoms with Crippen LogP contribution in [0.15, 0.2) is 0 Å². The van der Waals surface area contributed by atoms with Crippen LogP contribution < -0.4 is 0 Å². The largest absolute Gasteiger partial charge is 0.387 e. The number of halogens is 2. The number of morpholine rings is 1. The summed E-state index contributed by atoms with van der Waals surface area (Å²) in [5.74, 6) is -2.97. The molecule has 0 unspecified atom stereocenters. The maximum atomic E-state index is 13.2. The van der Waals surface area contributed by atoms with Crippen LogP contribution in [0.2, 0.25) is 0 Å². The predicted octanol–water partition coefficient (Wildman–Crippen LogP) is 1.11. The average Bonchev–Trinajstić information content (AvgIpc) is 2.89. The molecule has 1 N–H and O–H groups in total. The van der Waals surface area contributed by atoms with Gasteiger partial charge in [-0.1, -0.05) is 0 Å². The quantitative estimate of drug-likeness (QED) is 0.841. The normalized spacial score (nSPS) is 33.1. The third kappa shape index (κ3) is 4.19. The van der Waals surface area contributed by atoms with Gasteiger partial charge in [0.2, 0.25) is 11.8 Å². The molecule has 23 heavy (non-hydrogen) atoms. The summed E-state index contributed by atoms with van der Waals surface area (Å²) in [5, 5.41) is 10.7. The molecule has 1 saturated carbocycles. The Balaban J connectivity index is 1.51. The van der Waals surface area contributed by atoms with Crippen LogP contribution >= 0.6 is 0 Å². The van der Waals surface area contributed by atoms with Crippen LogP contribution in [-0.2, 0) is 9.53 Å². The van der Waals surface area contributed by atoms with Crippen molar-refractivity contribution < 1.29 is 23.4 Å². The van der Waals surface area contributed by atoms with Crippen LogP contribution in [-0.4, -0.2) is 78.3 Å². The first-order chi connectivity index (χ1) is 10.9. The van der Waals surface area contributed by atoms with Crippen molar-refractivity contribution in [3.63, 3.8) is 0 Å². The molecule has 0 aromatic carbocycles. The number of aliphatic hydroxyl groups is 1. The van der Waals surface area contributed by atoms with Crippen molar-refractivity contribution in [2.75, 3.05) is 45.9 Å². The highest BCUT2D eigenvalue weighted by Crippen LogP contribution is 2.37. The van der Waals surface area contributed by atoms with Crippen molar-refractivity contribution in [2.24, 2.45) is 5.92 Å². The Morgan fingerprint density at radius 1 is 1.13 bits per heavy atom. The number of hydrogen-bond donors (Lipinski definition) is 1. The molecule has 3 fully saturated rings. The number of likely N-dealkylation sites (tertiary alicyclic amines) is 1. The van der Waals surface area contributed by atoms with Crippen molar-refractivity contribution in [1.29, 1.82) is 0 Å². The fourth-order valence-corrected chi connectivity index (χ4v) is 3.89. The highest BCUT2D eigenvalue weighted by atomic mass is 19.3. The van der Waals surface area contributed by atoms with Gasteiger partial charge in [0.1, 0.15) is 0 Å². The molecular weight excluding hydrogens is 306 g/mol. The lowest BCUT2D eigenvalue weighted by atomic mass is 9.86. The minimum Gasteiger partial charge on any atom is -0.387 e. The fourth-order valence-electron chi connectivity index (χ4n) is 3.89. The Bertz CT molecular complexity index is 433. The monoisotopic (exact) mass is 332 g/mol. The topological polar surface area (TPSA) is 53.0 Å². The summed E-state index contributed by atoms with van der Waals surface area (Å²) < 4.78 is 31.7. The third-order valence-electron chi connectivity index (χ3n) is 5.33. The predicted molar refractivity (Wildman–Crippen MR) is 80.3 cm³/mol. The van der Waals surface area contributed by atoms with Crippen molar-refractivity contribution in [2.45, 2.75) is 43.6 Å². The van der Waals surface area contributed by atoms with E-state index in [-0.39, 0.29) is 37.5 Å². The van der Waals surface area contributed by atoms with E-state index < -0.39 is 11.5 Å². The number of rotatable bonds is 3. The Morgan fingerprint density at radius 3 is 2.43 bits per heavy atom. The van der Waals surface area contributed by atoms with Crippen LogP contribution in [0.25, 0.3) is 0 Å². The lowest BCUT2D eigenvalue weighted by molar-refractivity contribution is -0.139. The van der Waals surface area contributed by atoms with Crippen LogP contribution in [0.5, 0.6) is 0 Å². The van der Waals surface area contributed by atoms with E-state index in [0.717, 1.165) is 13.1 Å². The van der Waals surface area contributed by atoms with Gasteiger partial charge < -0.3 is 14.7 Å². The third-order valence-corrected chi connectivity index (χ3v) is 5.33. The Hall–Kier alpha value is -0.790. The zero-order valence-electron chi connectivity index (χ0n) is 13.5. The van der Waals surface area contributed by atoms with Crippen LogP contribution in [0.3, 0.4) is 0 Å². The molecule has 1 aliphatic carbocycles. The number of β-amino-alcohol motifs (C(OH)–C–C–N with tert-alkyl or cyclic N) is 1. The molecule has 1 atom stereocenters. The van der Waals surface area contributed by atoms with Gasteiger partial charge in [0.15, 0.2) is 0 Å². The van der Waals surface area contributed by atoms with Gasteiger partial charge in [-0.25, -0.2) is 8.78 Å². The fraction of sp³-hybridized carbons (Fsp3) is 0.938. The molecule has 0 radical (unpaired) electrons. The second kappa shape index (κ2) is 6.61. The van der Waals surface area contributed by atoms with Gasteiger partial charge in [-0.15, -0.1) is 0 Å². The maximum Gasteiger partial charge on any atom is 0.248 e. The molecule has 1 amide bonds. The molecule has 0 aromatic heterocycles. The molecule has 5 nitrogen and oxygen atoms in total. The summed E-state index contributed by atoms with van der Waals surface area (Å²) in [6.45, 7) is 4.33. The zero-order valence-corrected chi connectivity index (χ0v) is 13.5. The smallest absolute Gasteiger partial charge is 0.248 e. The van der Waals surface area contributed by atoms with Crippen molar-refractivity contribution >= 4 is 5.91 Å². The summed E-state index contributed by atoms with van der Waals surface area (Å²) in [6, 6.07) is 0. The molecule has 2 aliphatic heterocycles. The summed E-state index contributed by atoms with van der Waals surface area (Å²) in [7, 11) is 0. The minimum atomic E-state index is -2.61. The molecule has 0 spiro atoms. The molecule has 7 heteroatoms. The number of carbonyl (C=O) groups excluding carboxylic acids is 1. The molecule has 2 heterocycles. The standard InChI is InChI=1S/C16H26F2N2O3/c17-16(18)3-1-13(2-4-16)14(21)20-6-5-15(22,12-20)11-19-7-9-23-10-8-19/h13,22H,1-12H2/t15-/m1/s1. The van der Waals surface area contributed by atoms with Crippen molar-refractivity contribution in [1.82, 2.24) is 9.80 Å². The molecule has 132 valence electrons. The van der Waals surface area contributed by atoms with Crippen LogP contribution in [0, 0.1) is 5.92 Å².